The van der Waals surface area contributed by atoms with Crippen LogP contribution in [-0.4, -0.2) is 27.6 Å². The van der Waals surface area contributed by atoms with Gasteiger partial charge in [-0.25, -0.2) is 9.18 Å². The lowest BCUT2D eigenvalue weighted by Crippen LogP contribution is -2.34. The fourth-order valence-electron chi connectivity index (χ4n) is 2.09. The van der Waals surface area contributed by atoms with Gasteiger partial charge in [0.2, 0.25) is 0 Å². The number of aromatic amines is 1. The van der Waals surface area contributed by atoms with Crippen molar-refractivity contribution in [3.05, 3.63) is 33.1 Å². The highest BCUT2D eigenvalue weighted by atomic mass is 19.1. The number of halogens is 1. The van der Waals surface area contributed by atoms with Gasteiger partial charge in [-0.05, 0) is 6.92 Å². The van der Waals surface area contributed by atoms with Crippen LogP contribution in [0, 0.1) is 5.92 Å². The Hall–Kier alpha value is -1.76. The highest BCUT2D eigenvalue weighted by molar-refractivity contribution is 5.81. The second kappa shape index (κ2) is 4.49. The minimum Gasteiger partial charge on any atom is -0.343 e. The van der Waals surface area contributed by atoms with E-state index in [2.05, 4.69) is 0 Å². The lowest BCUT2D eigenvalue weighted by molar-refractivity contribution is -0.131. The molecule has 2 heterocycles. The van der Waals surface area contributed by atoms with E-state index in [0.29, 0.717) is 0 Å². The number of alkyl halides is 1. The Morgan fingerprint density at radius 3 is 2.67 bits per heavy atom. The molecular formula is C11H13FN2O4. The number of hydrogen-bond donors (Lipinski definition) is 1. The molecule has 1 aliphatic heterocycles. The monoisotopic (exact) mass is 256 g/mol. The first-order chi connectivity index (χ1) is 8.41. The van der Waals surface area contributed by atoms with Crippen LogP contribution in [-0.2, 0) is 9.53 Å². The first-order valence-electron chi connectivity index (χ1n) is 5.53. The van der Waals surface area contributed by atoms with Gasteiger partial charge in [-0.15, -0.1) is 0 Å². The summed E-state index contributed by atoms with van der Waals surface area (Å²) in [5.74, 6) is -0.920. The molecule has 1 aliphatic rings. The molecule has 0 saturated carbocycles. The predicted molar refractivity (Wildman–Crippen MR) is 60.0 cm³/mol. The SMILES string of the molecule is CC(=O)[C@H]1O[C@@H](n2ccc(=O)[nH]c2=O)[C@@H](F)C1C. The van der Waals surface area contributed by atoms with Crippen molar-refractivity contribution in [3.63, 3.8) is 0 Å². The van der Waals surface area contributed by atoms with Gasteiger partial charge in [0.05, 0.1) is 0 Å². The molecule has 1 unspecified atom stereocenters. The van der Waals surface area contributed by atoms with E-state index in [-0.39, 0.29) is 5.78 Å². The summed E-state index contributed by atoms with van der Waals surface area (Å²) in [6, 6.07) is 1.10. The van der Waals surface area contributed by atoms with Crippen molar-refractivity contribution in [2.45, 2.75) is 32.4 Å². The Morgan fingerprint density at radius 1 is 1.50 bits per heavy atom. The van der Waals surface area contributed by atoms with Crippen molar-refractivity contribution in [3.8, 4) is 0 Å². The van der Waals surface area contributed by atoms with Crippen LogP contribution in [0.4, 0.5) is 4.39 Å². The first kappa shape index (κ1) is 12.7. The summed E-state index contributed by atoms with van der Waals surface area (Å²) in [5.41, 5.74) is -1.33. The smallest absolute Gasteiger partial charge is 0.330 e. The minimum absolute atomic E-state index is 0.287. The van der Waals surface area contributed by atoms with Crippen LogP contribution in [0.5, 0.6) is 0 Å². The maximum Gasteiger partial charge on any atom is 0.330 e. The molecule has 0 radical (unpaired) electrons. The number of rotatable bonds is 2. The van der Waals surface area contributed by atoms with Gasteiger partial charge >= 0.3 is 5.69 Å². The number of nitrogens with one attached hydrogen (secondary N) is 1. The molecule has 1 saturated heterocycles. The Kier molecular flexibility index (Phi) is 3.16. The molecule has 1 N–H and O–H groups in total. The average molecular weight is 256 g/mol. The molecule has 7 heteroatoms. The molecule has 1 aromatic heterocycles. The third-order valence-electron chi connectivity index (χ3n) is 3.06. The van der Waals surface area contributed by atoms with Gasteiger partial charge in [0, 0.05) is 18.2 Å². The number of H-pyrrole nitrogens is 1. The molecule has 18 heavy (non-hydrogen) atoms. The van der Waals surface area contributed by atoms with Crippen molar-refractivity contribution in [1.29, 1.82) is 0 Å². The molecule has 0 aromatic carbocycles. The first-order valence-corrected chi connectivity index (χ1v) is 5.53. The molecule has 0 spiro atoms. The van der Waals surface area contributed by atoms with Gasteiger partial charge in [-0.2, -0.15) is 0 Å². The maximum absolute atomic E-state index is 14.0. The van der Waals surface area contributed by atoms with Crippen molar-refractivity contribution in [2.24, 2.45) is 5.92 Å². The van der Waals surface area contributed by atoms with Gasteiger partial charge in [0.15, 0.2) is 18.2 Å². The largest absolute Gasteiger partial charge is 0.343 e. The van der Waals surface area contributed by atoms with Gasteiger partial charge in [0.1, 0.15) is 6.10 Å². The van der Waals surface area contributed by atoms with Crippen molar-refractivity contribution in [2.75, 3.05) is 0 Å². The lowest BCUT2D eigenvalue weighted by Gasteiger charge is -2.15. The van der Waals surface area contributed by atoms with Gasteiger partial charge < -0.3 is 4.74 Å². The van der Waals surface area contributed by atoms with Crippen molar-refractivity contribution in [1.82, 2.24) is 9.55 Å². The van der Waals surface area contributed by atoms with E-state index >= 15 is 0 Å². The third kappa shape index (κ3) is 2.01. The third-order valence-corrected chi connectivity index (χ3v) is 3.06. The molecule has 6 nitrogen and oxygen atoms in total. The summed E-state index contributed by atoms with van der Waals surface area (Å²) in [6.07, 6.45) is -2.38. The number of carbonyl (C=O) groups excluding carboxylic acids is 1. The Morgan fingerprint density at radius 2 is 2.17 bits per heavy atom. The quantitative estimate of drug-likeness (QED) is 0.807. The Balaban J connectivity index is 2.38. The number of ether oxygens (including phenoxy) is 1. The van der Waals surface area contributed by atoms with Gasteiger partial charge in [0.25, 0.3) is 5.56 Å². The molecule has 0 amide bonds. The van der Waals surface area contributed by atoms with Crippen LogP contribution in [0.2, 0.25) is 0 Å². The zero-order chi connectivity index (χ0) is 13.4. The maximum atomic E-state index is 14.0. The molecule has 4 atom stereocenters. The number of aromatic nitrogens is 2. The normalized spacial score (nSPS) is 31.5. The second-order valence-corrected chi connectivity index (χ2v) is 4.38. The average Bonchev–Trinajstić information content (AvgIpc) is 2.57. The van der Waals surface area contributed by atoms with Crippen molar-refractivity contribution < 1.29 is 13.9 Å². The summed E-state index contributed by atoms with van der Waals surface area (Å²) in [4.78, 5) is 35.7. The second-order valence-electron chi connectivity index (χ2n) is 4.38. The molecule has 1 fully saturated rings. The van der Waals surface area contributed by atoms with E-state index in [4.69, 9.17) is 4.74 Å². The van der Waals surface area contributed by atoms with Crippen LogP contribution in [0.1, 0.15) is 20.1 Å². The molecule has 98 valence electrons. The van der Waals surface area contributed by atoms with Crippen LogP contribution < -0.4 is 11.2 Å². The molecular weight excluding hydrogens is 243 g/mol. The number of Topliss-reactive ketones (excluding diaryl/α,β-unsaturated/α-hetero) is 1. The molecule has 0 bridgehead atoms. The lowest BCUT2D eigenvalue weighted by atomic mass is 9.99. The number of hydrogen-bond acceptors (Lipinski definition) is 4. The van der Waals surface area contributed by atoms with E-state index in [0.717, 1.165) is 16.8 Å². The van der Waals surface area contributed by atoms with Crippen LogP contribution >= 0.6 is 0 Å². The summed E-state index contributed by atoms with van der Waals surface area (Å²) in [6.45, 7) is 2.86. The predicted octanol–water partition coefficient (Wildman–Crippen LogP) is -0.00280. The summed E-state index contributed by atoms with van der Waals surface area (Å²) < 4.78 is 20.2. The van der Waals surface area contributed by atoms with Crippen LogP contribution in [0.15, 0.2) is 21.9 Å². The van der Waals surface area contributed by atoms with E-state index in [1.165, 1.54) is 6.92 Å². The Labute approximate surface area is 101 Å². The highest BCUT2D eigenvalue weighted by Crippen LogP contribution is 2.35. The summed E-state index contributed by atoms with van der Waals surface area (Å²) in [7, 11) is 0. The van der Waals surface area contributed by atoms with Gasteiger partial charge in [-0.1, -0.05) is 6.92 Å². The molecule has 0 aliphatic carbocycles. The van der Waals surface area contributed by atoms with Crippen LogP contribution in [0.25, 0.3) is 0 Å². The van der Waals surface area contributed by atoms with E-state index in [1.807, 2.05) is 4.98 Å². The van der Waals surface area contributed by atoms with E-state index < -0.39 is 35.7 Å². The van der Waals surface area contributed by atoms with Crippen LogP contribution in [0.3, 0.4) is 0 Å². The number of ketones is 1. The standard InChI is InChI=1S/C11H13FN2O4/c1-5-8(12)10(18-9(5)6(2)15)14-4-3-7(16)13-11(14)17/h3-5,8-10H,1-2H3,(H,13,16,17)/t5?,8-,9-,10+/m0/s1. The zero-order valence-corrected chi connectivity index (χ0v) is 9.92. The van der Waals surface area contributed by atoms with E-state index in [9.17, 15) is 18.8 Å². The zero-order valence-electron chi connectivity index (χ0n) is 9.92. The highest BCUT2D eigenvalue weighted by Gasteiger charge is 2.45. The topological polar surface area (TPSA) is 81.2 Å². The fraction of sp³-hybridized carbons (Fsp3) is 0.545. The molecule has 2 rings (SSSR count). The van der Waals surface area contributed by atoms with E-state index in [1.54, 1.807) is 6.92 Å². The number of nitrogens with zero attached hydrogens (tertiary/aromatic N) is 1. The fourth-order valence-corrected chi connectivity index (χ4v) is 2.09. The van der Waals surface area contributed by atoms with Crippen molar-refractivity contribution >= 4 is 5.78 Å². The molecule has 1 aromatic rings. The summed E-state index contributed by atoms with van der Waals surface area (Å²) >= 11 is 0. The number of carbonyl (C=O) groups is 1. The Bertz CT molecular complexity index is 579. The minimum atomic E-state index is -1.48. The summed E-state index contributed by atoms with van der Waals surface area (Å²) in [5, 5.41) is 0. The van der Waals surface area contributed by atoms with Gasteiger partial charge in [-0.3, -0.25) is 19.1 Å².